The fourth-order valence-electron chi connectivity index (χ4n) is 5.60. The van der Waals surface area contributed by atoms with Crippen LogP contribution < -0.4 is 11.1 Å². The van der Waals surface area contributed by atoms with Gasteiger partial charge in [-0.3, -0.25) is 9.59 Å². The standard InChI is InChI=1S/C34H39N5O2/c1-3-17-38(18-4-2)34(41)29-20-28-15-14-27(21-30(28)37-32(35)22-29)24-10-12-26(13-11-24)33(40)39-19-16-36-31(23-39)25-8-6-5-7-9-25/h5-15,20-21,31,36H,3-4,16-19,22-23H2,1-2H3,(H2,35,37)/t31-/m1/s1. The molecule has 7 heteroatoms. The normalized spacial score (nSPS) is 16.7. The van der Waals surface area contributed by atoms with Gasteiger partial charge in [0, 0.05) is 61.9 Å². The van der Waals surface area contributed by atoms with Gasteiger partial charge >= 0.3 is 0 Å². The van der Waals surface area contributed by atoms with Gasteiger partial charge in [0.25, 0.3) is 5.91 Å². The van der Waals surface area contributed by atoms with Gasteiger partial charge in [-0.25, -0.2) is 4.99 Å². The van der Waals surface area contributed by atoms with Gasteiger partial charge in [-0.15, -0.1) is 0 Å². The number of rotatable bonds is 8. The maximum atomic E-state index is 13.3. The summed E-state index contributed by atoms with van der Waals surface area (Å²) in [6, 6.07) is 24.2. The van der Waals surface area contributed by atoms with Crippen molar-refractivity contribution < 1.29 is 9.59 Å². The fourth-order valence-corrected chi connectivity index (χ4v) is 5.60. The van der Waals surface area contributed by atoms with Crippen molar-refractivity contribution in [2.24, 2.45) is 10.7 Å². The number of nitrogens with two attached hydrogens (primary N) is 1. The molecule has 0 spiro atoms. The highest BCUT2D eigenvalue weighted by Gasteiger charge is 2.25. The van der Waals surface area contributed by atoms with Crippen LogP contribution in [0.3, 0.4) is 0 Å². The van der Waals surface area contributed by atoms with Crippen molar-refractivity contribution in [1.82, 2.24) is 15.1 Å². The number of carbonyl (C=O) groups is 2. The van der Waals surface area contributed by atoms with Crippen LogP contribution in [0.2, 0.25) is 0 Å². The van der Waals surface area contributed by atoms with Crippen molar-refractivity contribution in [3.63, 3.8) is 0 Å². The van der Waals surface area contributed by atoms with Gasteiger partial charge < -0.3 is 20.9 Å². The molecule has 1 atom stereocenters. The number of benzene rings is 3. The molecule has 3 aromatic rings. The minimum atomic E-state index is 0.0311. The third kappa shape index (κ3) is 6.57. The Morgan fingerprint density at radius 2 is 1.68 bits per heavy atom. The van der Waals surface area contributed by atoms with E-state index in [1.54, 1.807) is 0 Å². The van der Waals surface area contributed by atoms with Crippen LogP contribution in [-0.4, -0.2) is 60.2 Å². The molecule has 0 saturated carbocycles. The molecule has 5 rings (SSSR count). The lowest BCUT2D eigenvalue weighted by Crippen LogP contribution is -2.48. The Morgan fingerprint density at radius 3 is 2.39 bits per heavy atom. The number of fused-ring (bicyclic) bond motifs is 1. The van der Waals surface area contributed by atoms with Gasteiger partial charge in [0.15, 0.2) is 0 Å². The fraction of sp³-hybridized carbons (Fsp3) is 0.324. The quantitative estimate of drug-likeness (QED) is 0.385. The first-order valence-electron chi connectivity index (χ1n) is 14.6. The Labute approximate surface area is 242 Å². The first-order valence-corrected chi connectivity index (χ1v) is 14.6. The van der Waals surface area contributed by atoms with Crippen LogP contribution in [0, 0.1) is 0 Å². The molecular weight excluding hydrogens is 510 g/mol. The molecular formula is C34H39N5O2. The number of amidine groups is 1. The summed E-state index contributed by atoms with van der Waals surface area (Å²) in [4.78, 5) is 35.1. The van der Waals surface area contributed by atoms with E-state index in [1.165, 1.54) is 5.56 Å². The second-order valence-corrected chi connectivity index (χ2v) is 10.8. The average molecular weight is 550 g/mol. The maximum Gasteiger partial charge on any atom is 0.253 e. The molecule has 1 fully saturated rings. The lowest BCUT2D eigenvalue weighted by atomic mass is 9.99. The van der Waals surface area contributed by atoms with Crippen LogP contribution in [0.25, 0.3) is 17.2 Å². The zero-order valence-corrected chi connectivity index (χ0v) is 24.0. The van der Waals surface area contributed by atoms with Gasteiger partial charge in [-0.05, 0) is 53.8 Å². The largest absolute Gasteiger partial charge is 0.387 e. The van der Waals surface area contributed by atoms with E-state index >= 15 is 0 Å². The van der Waals surface area contributed by atoms with Crippen LogP contribution in [0.4, 0.5) is 5.69 Å². The average Bonchev–Trinajstić information content (AvgIpc) is 3.18. The van der Waals surface area contributed by atoms with Gasteiger partial charge in [-0.2, -0.15) is 0 Å². The molecule has 3 aromatic carbocycles. The summed E-state index contributed by atoms with van der Waals surface area (Å²) in [7, 11) is 0. The maximum absolute atomic E-state index is 13.3. The summed E-state index contributed by atoms with van der Waals surface area (Å²) in [6.07, 6.45) is 4.09. The molecule has 2 aliphatic rings. The van der Waals surface area contributed by atoms with Gasteiger partial charge in [0.05, 0.1) is 5.69 Å². The van der Waals surface area contributed by atoms with Crippen LogP contribution in [0.15, 0.2) is 83.4 Å². The first-order chi connectivity index (χ1) is 20.0. The number of nitrogens with zero attached hydrogens (tertiary/aromatic N) is 3. The molecule has 0 aliphatic carbocycles. The van der Waals surface area contributed by atoms with Crippen LogP contribution in [0.5, 0.6) is 0 Å². The second kappa shape index (κ2) is 13.0. The summed E-state index contributed by atoms with van der Waals surface area (Å²) in [5, 5.41) is 3.52. The summed E-state index contributed by atoms with van der Waals surface area (Å²) < 4.78 is 0. The lowest BCUT2D eigenvalue weighted by Gasteiger charge is -2.34. The molecule has 0 aromatic heterocycles. The van der Waals surface area contributed by atoms with Crippen molar-refractivity contribution in [2.75, 3.05) is 32.7 Å². The Kier molecular flexibility index (Phi) is 8.95. The van der Waals surface area contributed by atoms with Crippen LogP contribution >= 0.6 is 0 Å². The molecule has 2 amide bonds. The SMILES string of the molecule is CCCN(CCC)C(=O)C1=Cc2ccc(-c3ccc(C(=O)N4CCN[C@@H](c5ccccc5)C4)cc3)cc2N=C(N)C1. The third-order valence-electron chi connectivity index (χ3n) is 7.67. The minimum Gasteiger partial charge on any atom is -0.387 e. The van der Waals surface area contributed by atoms with Gasteiger partial charge in [-0.1, -0.05) is 68.4 Å². The van der Waals surface area contributed by atoms with Gasteiger partial charge in [0.1, 0.15) is 5.84 Å². The zero-order valence-electron chi connectivity index (χ0n) is 24.0. The van der Waals surface area contributed by atoms with E-state index in [1.807, 2.05) is 76.5 Å². The van der Waals surface area contributed by atoms with E-state index in [9.17, 15) is 9.59 Å². The summed E-state index contributed by atoms with van der Waals surface area (Å²) in [5.41, 5.74) is 12.4. The van der Waals surface area contributed by atoms with E-state index < -0.39 is 0 Å². The monoisotopic (exact) mass is 549 g/mol. The molecule has 2 aliphatic heterocycles. The number of piperazine rings is 1. The molecule has 1 saturated heterocycles. The van der Waals surface area contributed by atoms with Crippen molar-refractivity contribution in [3.8, 4) is 11.1 Å². The number of hydrogen-bond acceptors (Lipinski definition) is 5. The van der Waals surface area contributed by atoms with Crippen LogP contribution in [-0.2, 0) is 4.79 Å². The lowest BCUT2D eigenvalue weighted by molar-refractivity contribution is -0.127. The predicted molar refractivity (Wildman–Crippen MR) is 166 cm³/mol. The highest BCUT2D eigenvalue weighted by Crippen LogP contribution is 2.32. The van der Waals surface area contributed by atoms with Gasteiger partial charge in [0.2, 0.25) is 5.91 Å². The smallest absolute Gasteiger partial charge is 0.253 e. The molecule has 0 unspecified atom stereocenters. The molecule has 3 N–H and O–H groups in total. The van der Waals surface area contributed by atoms with E-state index in [0.717, 1.165) is 54.9 Å². The van der Waals surface area contributed by atoms with Crippen LogP contribution in [0.1, 0.15) is 60.6 Å². The van der Waals surface area contributed by atoms with E-state index in [-0.39, 0.29) is 17.9 Å². The Hall–Kier alpha value is -4.23. The molecule has 7 nitrogen and oxygen atoms in total. The molecule has 0 bridgehead atoms. The van der Waals surface area contributed by atoms with Crippen molar-refractivity contribution >= 4 is 29.4 Å². The number of hydrogen-bond donors (Lipinski definition) is 2. The molecule has 0 radical (unpaired) electrons. The molecule has 212 valence electrons. The number of amides is 2. The summed E-state index contributed by atoms with van der Waals surface area (Å²) >= 11 is 0. The number of aliphatic imine (C=N–C) groups is 1. The molecule has 41 heavy (non-hydrogen) atoms. The third-order valence-corrected chi connectivity index (χ3v) is 7.67. The topological polar surface area (TPSA) is 91.0 Å². The Morgan fingerprint density at radius 1 is 0.976 bits per heavy atom. The van der Waals surface area contributed by atoms with E-state index in [2.05, 4.69) is 36.3 Å². The molecule has 2 heterocycles. The van der Waals surface area contributed by atoms with E-state index in [4.69, 9.17) is 5.73 Å². The summed E-state index contributed by atoms with van der Waals surface area (Å²) in [6.45, 7) is 7.71. The van der Waals surface area contributed by atoms with E-state index in [0.29, 0.717) is 36.5 Å². The predicted octanol–water partition coefficient (Wildman–Crippen LogP) is 5.56. The van der Waals surface area contributed by atoms with Crippen molar-refractivity contribution in [3.05, 3.63) is 95.1 Å². The van der Waals surface area contributed by atoms with Crippen molar-refractivity contribution in [2.45, 2.75) is 39.2 Å². The highest BCUT2D eigenvalue weighted by atomic mass is 16.2. The Bertz CT molecular complexity index is 1440. The minimum absolute atomic E-state index is 0.0311. The van der Waals surface area contributed by atoms with Crippen molar-refractivity contribution in [1.29, 1.82) is 0 Å². The highest BCUT2D eigenvalue weighted by molar-refractivity contribution is 6.05. The number of nitrogens with one attached hydrogen (secondary N) is 1. The second-order valence-electron chi connectivity index (χ2n) is 10.8. The zero-order chi connectivity index (χ0) is 28.8. The summed E-state index contributed by atoms with van der Waals surface area (Å²) in [5.74, 6) is 0.503. The first kappa shape index (κ1) is 28.3. The Balaban J connectivity index is 1.33. The number of carbonyl (C=O) groups excluding carboxylic acids is 2.